The summed E-state index contributed by atoms with van der Waals surface area (Å²) in [5.41, 5.74) is 10.0. The second-order valence-electron chi connectivity index (χ2n) is 6.49. The number of aryl methyl sites for hydroxylation is 1. The van der Waals surface area contributed by atoms with Crippen LogP contribution in [0.2, 0.25) is 0 Å². The molecule has 1 aromatic heterocycles. The van der Waals surface area contributed by atoms with Crippen molar-refractivity contribution in [3.8, 4) is 0 Å². The fourth-order valence-corrected chi connectivity index (χ4v) is 3.47. The maximum atomic E-state index is 12.6. The van der Waals surface area contributed by atoms with Crippen LogP contribution in [-0.4, -0.2) is 26.7 Å². The van der Waals surface area contributed by atoms with Crippen LogP contribution in [0, 0.1) is 0 Å². The third-order valence-electron chi connectivity index (χ3n) is 4.84. The second kappa shape index (κ2) is 7.30. The predicted molar refractivity (Wildman–Crippen MR) is 91.8 cm³/mol. The molecule has 1 saturated heterocycles. The van der Waals surface area contributed by atoms with Gasteiger partial charge in [-0.3, -0.25) is 4.79 Å². The summed E-state index contributed by atoms with van der Waals surface area (Å²) in [4.78, 5) is 12.6. The molecule has 3 heterocycles. The Hall–Kier alpha value is -2.29. The maximum Gasteiger partial charge on any atom is 0.240 e. The predicted octanol–water partition coefficient (Wildman–Crippen LogP) is 0.343. The molecule has 1 amide bonds. The summed E-state index contributed by atoms with van der Waals surface area (Å²) in [5.74, 6) is 1.80. The number of amides is 1. The number of carbonyl (C=O) groups excluding carboxylic acids is 1. The largest absolute Gasteiger partial charge is 0.347 e. The van der Waals surface area contributed by atoms with E-state index in [0.29, 0.717) is 6.54 Å². The van der Waals surface area contributed by atoms with Crippen LogP contribution in [0.4, 0.5) is 0 Å². The quantitative estimate of drug-likeness (QED) is 0.641. The van der Waals surface area contributed by atoms with Gasteiger partial charge in [-0.25, -0.2) is 10.9 Å². The minimum absolute atomic E-state index is 0.0719. The zero-order valence-corrected chi connectivity index (χ0v) is 14.0. The van der Waals surface area contributed by atoms with Crippen molar-refractivity contribution in [2.75, 3.05) is 0 Å². The van der Waals surface area contributed by atoms with E-state index in [-0.39, 0.29) is 11.9 Å². The number of hydrogen-bond acceptors (Lipinski definition) is 6. The molecule has 2 unspecified atom stereocenters. The zero-order chi connectivity index (χ0) is 17.1. The van der Waals surface area contributed by atoms with Crippen molar-refractivity contribution in [2.45, 2.75) is 50.9 Å². The van der Waals surface area contributed by atoms with E-state index < -0.39 is 6.04 Å². The lowest BCUT2D eigenvalue weighted by atomic mass is 10.0. The van der Waals surface area contributed by atoms with Gasteiger partial charge in [-0.05, 0) is 18.4 Å². The zero-order valence-electron chi connectivity index (χ0n) is 14.0. The van der Waals surface area contributed by atoms with Gasteiger partial charge >= 0.3 is 0 Å². The van der Waals surface area contributed by atoms with Crippen LogP contribution in [-0.2, 0) is 24.3 Å². The number of aromatic nitrogens is 3. The van der Waals surface area contributed by atoms with E-state index in [2.05, 4.69) is 36.5 Å². The molecule has 8 heteroatoms. The first-order valence-electron chi connectivity index (χ1n) is 8.82. The number of hydrazine groups is 2. The summed E-state index contributed by atoms with van der Waals surface area (Å²) < 4.78 is 2.15. The Bertz CT molecular complexity index is 730. The van der Waals surface area contributed by atoms with Crippen molar-refractivity contribution in [3.63, 3.8) is 0 Å². The average Bonchev–Trinajstić information content (AvgIpc) is 3.22. The number of hydrogen-bond donors (Lipinski definition) is 4. The molecule has 0 spiro atoms. The monoisotopic (exact) mass is 341 g/mol. The second-order valence-corrected chi connectivity index (χ2v) is 6.49. The number of benzene rings is 1. The van der Waals surface area contributed by atoms with Gasteiger partial charge in [0.15, 0.2) is 5.82 Å². The Morgan fingerprint density at radius 3 is 2.92 bits per heavy atom. The van der Waals surface area contributed by atoms with Gasteiger partial charge < -0.3 is 9.88 Å². The lowest BCUT2D eigenvalue weighted by Gasteiger charge is -2.18. The molecule has 25 heavy (non-hydrogen) atoms. The third kappa shape index (κ3) is 3.41. The molecule has 1 aromatic carbocycles. The molecule has 4 N–H and O–H groups in total. The van der Waals surface area contributed by atoms with Crippen LogP contribution in [0.15, 0.2) is 30.3 Å². The van der Waals surface area contributed by atoms with Gasteiger partial charge in [0.25, 0.3) is 0 Å². The van der Waals surface area contributed by atoms with E-state index in [0.717, 1.165) is 43.0 Å². The van der Waals surface area contributed by atoms with Crippen LogP contribution >= 0.6 is 0 Å². The number of nitrogens with zero attached hydrogens (tertiary/aromatic N) is 3. The number of fused-ring (bicyclic) bond motifs is 1. The molecule has 1 fully saturated rings. The molecule has 2 atom stereocenters. The molecule has 2 aromatic rings. The fourth-order valence-electron chi connectivity index (χ4n) is 3.47. The highest BCUT2D eigenvalue weighted by atomic mass is 16.2. The van der Waals surface area contributed by atoms with E-state index >= 15 is 0 Å². The van der Waals surface area contributed by atoms with Crippen molar-refractivity contribution in [1.29, 1.82) is 0 Å². The van der Waals surface area contributed by atoms with Crippen LogP contribution in [0.3, 0.4) is 0 Å². The van der Waals surface area contributed by atoms with Crippen molar-refractivity contribution in [2.24, 2.45) is 0 Å². The average molecular weight is 341 g/mol. The van der Waals surface area contributed by atoms with E-state index in [1.807, 2.05) is 30.3 Å². The van der Waals surface area contributed by atoms with E-state index in [4.69, 9.17) is 0 Å². The highest BCUT2D eigenvalue weighted by molar-refractivity contribution is 5.83. The SMILES string of the molecule is O=C(NCc1nnc2n1CCCCC2)C1NNNC1c1ccccc1. The van der Waals surface area contributed by atoms with Crippen LogP contribution in [0.5, 0.6) is 0 Å². The Labute approximate surface area is 146 Å². The van der Waals surface area contributed by atoms with Gasteiger partial charge in [0, 0.05) is 13.0 Å². The highest BCUT2D eigenvalue weighted by Gasteiger charge is 2.33. The molecule has 132 valence electrons. The van der Waals surface area contributed by atoms with Crippen molar-refractivity contribution in [1.82, 2.24) is 36.5 Å². The minimum atomic E-state index is -0.395. The highest BCUT2D eigenvalue weighted by Crippen LogP contribution is 2.19. The van der Waals surface area contributed by atoms with Crippen molar-refractivity contribution < 1.29 is 4.79 Å². The molecule has 2 aliphatic heterocycles. The Balaban J connectivity index is 1.41. The Kier molecular flexibility index (Phi) is 4.73. The first-order chi connectivity index (χ1) is 12.3. The maximum absolute atomic E-state index is 12.6. The first-order valence-corrected chi connectivity index (χ1v) is 8.82. The smallest absolute Gasteiger partial charge is 0.240 e. The molecule has 0 aliphatic carbocycles. The van der Waals surface area contributed by atoms with Gasteiger partial charge in [-0.1, -0.05) is 36.8 Å². The first kappa shape index (κ1) is 16.2. The van der Waals surface area contributed by atoms with Gasteiger partial charge in [0.2, 0.25) is 5.91 Å². The standard InChI is InChI=1S/C17H23N7O/c25-17(16-15(21-23-22-16)12-7-3-1-4-8-12)18-11-14-20-19-13-9-5-2-6-10-24(13)14/h1,3-4,7-8,15-16,21-23H,2,5-6,9-11H2,(H,18,25). The number of carbonyl (C=O) groups is 1. The molecule has 4 rings (SSSR count). The summed E-state index contributed by atoms with van der Waals surface area (Å²) in [7, 11) is 0. The summed E-state index contributed by atoms with van der Waals surface area (Å²) in [5, 5.41) is 11.5. The van der Waals surface area contributed by atoms with Crippen LogP contribution in [0.1, 0.15) is 42.5 Å². The number of rotatable bonds is 4. The van der Waals surface area contributed by atoms with Crippen LogP contribution in [0.25, 0.3) is 0 Å². The molecular formula is C17H23N7O. The molecule has 0 bridgehead atoms. The van der Waals surface area contributed by atoms with Crippen molar-refractivity contribution >= 4 is 5.91 Å². The van der Waals surface area contributed by atoms with E-state index in [9.17, 15) is 4.79 Å². The molecule has 0 radical (unpaired) electrons. The molecule has 2 aliphatic rings. The molecule has 0 saturated carbocycles. The van der Waals surface area contributed by atoms with E-state index in [1.54, 1.807) is 0 Å². The number of nitrogens with one attached hydrogen (secondary N) is 4. The normalized spacial score (nSPS) is 23.0. The summed E-state index contributed by atoms with van der Waals surface area (Å²) in [6, 6.07) is 9.39. The van der Waals surface area contributed by atoms with Gasteiger partial charge in [0.1, 0.15) is 11.9 Å². The lowest BCUT2D eigenvalue weighted by molar-refractivity contribution is -0.123. The third-order valence-corrected chi connectivity index (χ3v) is 4.84. The topological polar surface area (TPSA) is 95.9 Å². The van der Waals surface area contributed by atoms with Crippen molar-refractivity contribution in [3.05, 3.63) is 47.5 Å². The summed E-state index contributed by atoms with van der Waals surface area (Å²) >= 11 is 0. The summed E-state index contributed by atoms with van der Waals surface area (Å²) in [6.45, 7) is 1.33. The van der Waals surface area contributed by atoms with Gasteiger partial charge in [-0.15, -0.1) is 10.2 Å². The molecule has 8 nitrogen and oxygen atoms in total. The Morgan fingerprint density at radius 2 is 2.04 bits per heavy atom. The van der Waals surface area contributed by atoms with Gasteiger partial charge in [0.05, 0.1) is 12.6 Å². The van der Waals surface area contributed by atoms with Gasteiger partial charge in [-0.2, -0.15) is 5.53 Å². The van der Waals surface area contributed by atoms with E-state index in [1.165, 1.54) is 6.42 Å². The fraction of sp³-hybridized carbons (Fsp3) is 0.471. The molecular weight excluding hydrogens is 318 g/mol. The van der Waals surface area contributed by atoms with Crippen LogP contribution < -0.4 is 21.7 Å². The summed E-state index contributed by atoms with van der Waals surface area (Å²) in [6.07, 6.45) is 4.49. The lowest BCUT2D eigenvalue weighted by Crippen LogP contribution is -2.45. The minimum Gasteiger partial charge on any atom is -0.347 e. The Morgan fingerprint density at radius 1 is 1.16 bits per heavy atom.